The Balaban J connectivity index is 1.66. The monoisotopic (exact) mass is 485 g/mol. The third kappa shape index (κ3) is 5.60. The summed E-state index contributed by atoms with van der Waals surface area (Å²) in [5.41, 5.74) is 2.72. The van der Waals surface area contributed by atoms with Gasteiger partial charge in [-0.25, -0.2) is 0 Å². The average Bonchev–Trinajstić information content (AvgIpc) is 3.13. The average molecular weight is 486 g/mol. The second-order valence-corrected chi connectivity index (χ2v) is 9.09. The Labute approximate surface area is 211 Å². The van der Waals surface area contributed by atoms with E-state index in [4.69, 9.17) is 9.47 Å². The number of ether oxygens (including phenoxy) is 2. The molecule has 1 aliphatic rings. The maximum absolute atomic E-state index is 13.4. The number of methoxy groups -OCH3 is 1. The van der Waals surface area contributed by atoms with E-state index in [9.17, 15) is 14.7 Å². The molecule has 4 rings (SSSR count). The SMILES string of the molecule is COc1cccc(CN2C(=O)C(O)=C(C(=O)CCc3ccccc3)C2c2ccc(OC(C)C)cc2)c1. The second-order valence-electron chi connectivity index (χ2n) is 9.09. The quantitative estimate of drug-likeness (QED) is 0.406. The lowest BCUT2D eigenvalue weighted by molar-refractivity contribution is -0.130. The van der Waals surface area contributed by atoms with Gasteiger partial charge in [0.25, 0.3) is 5.91 Å². The summed E-state index contributed by atoms with van der Waals surface area (Å²) in [7, 11) is 1.58. The fourth-order valence-electron chi connectivity index (χ4n) is 4.45. The number of benzene rings is 3. The summed E-state index contributed by atoms with van der Waals surface area (Å²) in [5, 5.41) is 10.9. The van der Waals surface area contributed by atoms with Crippen LogP contribution >= 0.6 is 0 Å². The third-order valence-electron chi connectivity index (χ3n) is 6.14. The minimum Gasteiger partial charge on any atom is -0.503 e. The number of rotatable bonds is 10. The zero-order valence-corrected chi connectivity index (χ0v) is 20.8. The van der Waals surface area contributed by atoms with Gasteiger partial charge in [-0.3, -0.25) is 9.59 Å². The van der Waals surface area contributed by atoms with E-state index in [-0.39, 0.29) is 30.4 Å². The molecule has 1 N–H and O–H groups in total. The normalized spacial score (nSPS) is 15.5. The first kappa shape index (κ1) is 25.0. The highest BCUT2D eigenvalue weighted by Gasteiger charge is 2.43. The van der Waals surface area contributed by atoms with Crippen molar-refractivity contribution in [2.45, 2.75) is 45.4 Å². The van der Waals surface area contributed by atoms with Crippen LogP contribution in [0.3, 0.4) is 0 Å². The minimum absolute atomic E-state index is 0.0209. The van der Waals surface area contributed by atoms with Gasteiger partial charge >= 0.3 is 0 Å². The summed E-state index contributed by atoms with van der Waals surface area (Å²) >= 11 is 0. The van der Waals surface area contributed by atoms with Gasteiger partial charge in [-0.15, -0.1) is 0 Å². The summed E-state index contributed by atoms with van der Waals surface area (Å²) < 4.78 is 11.1. The van der Waals surface area contributed by atoms with Gasteiger partial charge in [-0.05, 0) is 61.2 Å². The number of carbonyl (C=O) groups is 2. The van der Waals surface area contributed by atoms with Crippen LogP contribution in [0.15, 0.2) is 90.2 Å². The number of amides is 1. The molecule has 0 bridgehead atoms. The van der Waals surface area contributed by atoms with E-state index in [0.29, 0.717) is 17.9 Å². The van der Waals surface area contributed by atoms with Crippen molar-refractivity contribution in [2.75, 3.05) is 7.11 Å². The highest BCUT2D eigenvalue weighted by Crippen LogP contribution is 2.40. The number of Topliss-reactive ketones (excluding diaryl/α,β-unsaturated/α-hetero) is 1. The lowest BCUT2D eigenvalue weighted by atomic mass is 9.93. The first-order valence-electron chi connectivity index (χ1n) is 12.1. The molecule has 0 spiro atoms. The summed E-state index contributed by atoms with van der Waals surface area (Å²) in [6.45, 7) is 4.11. The van der Waals surface area contributed by atoms with Crippen LogP contribution in [0.1, 0.15) is 43.0 Å². The topological polar surface area (TPSA) is 76.1 Å². The number of aliphatic hydroxyl groups is 1. The van der Waals surface area contributed by atoms with Crippen molar-refractivity contribution in [3.05, 3.63) is 107 Å². The summed E-state index contributed by atoms with van der Waals surface area (Å²) in [5.74, 6) is 0.0759. The number of aryl methyl sites for hydroxylation is 1. The molecule has 3 aromatic rings. The van der Waals surface area contributed by atoms with Crippen molar-refractivity contribution in [2.24, 2.45) is 0 Å². The van der Waals surface area contributed by atoms with E-state index in [1.165, 1.54) is 4.90 Å². The first-order chi connectivity index (χ1) is 17.4. The van der Waals surface area contributed by atoms with Crippen LogP contribution in [-0.4, -0.2) is 34.9 Å². The zero-order valence-electron chi connectivity index (χ0n) is 20.8. The molecule has 36 heavy (non-hydrogen) atoms. The predicted molar refractivity (Wildman–Crippen MR) is 138 cm³/mol. The predicted octanol–water partition coefficient (Wildman–Crippen LogP) is 5.58. The number of carbonyl (C=O) groups excluding carboxylic acids is 2. The van der Waals surface area contributed by atoms with E-state index in [1.54, 1.807) is 7.11 Å². The smallest absolute Gasteiger partial charge is 0.290 e. The van der Waals surface area contributed by atoms with Crippen LogP contribution in [0.5, 0.6) is 11.5 Å². The van der Waals surface area contributed by atoms with E-state index < -0.39 is 17.7 Å². The molecule has 0 saturated carbocycles. The standard InChI is InChI=1S/C30H31NO5/c1-20(2)36-24-15-13-23(14-16-24)28-27(26(32)17-12-21-8-5-4-6-9-21)29(33)30(34)31(28)19-22-10-7-11-25(18-22)35-3/h4-11,13-16,18,20,28,33H,12,17,19H2,1-3H3. The van der Waals surface area contributed by atoms with Crippen LogP contribution in [0.2, 0.25) is 0 Å². The first-order valence-corrected chi connectivity index (χ1v) is 12.1. The highest BCUT2D eigenvalue weighted by atomic mass is 16.5. The number of hydrogen-bond donors (Lipinski definition) is 1. The van der Waals surface area contributed by atoms with Gasteiger partial charge in [-0.2, -0.15) is 0 Å². The molecular formula is C30H31NO5. The number of hydrogen-bond acceptors (Lipinski definition) is 5. The van der Waals surface area contributed by atoms with Crippen LogP contribution in [0.4, 0.5) is 0 Å². The van der Waals surface area contributed by atoms with Crippen molar-refractivity contribution in [3.63, 3.8) is 0 Å². The Hall–Kier alpha value is -4.06. The number of ketones is 1. The Morgan fingerprint density at radius 2 is 1.64 bits per heavy atom. The third-order valence-corrected chi connectivity index (χ3v) is 6.14. The molecule has 1 atom stereocenters. The Bertz CT molecular complexity index is 1250. The van der Waals surface area contributed by atoms with Gasteiger partial charge in [0.1, 0.15) is 11.5 Å². The maximum Gasteiger partial charge on any atom is 0.290 e. The van der Waals surface area contributed by atoms with E-state index in [0.717, 1.165) is 16.7 Å². The molecule has 0 radical (unpaired) electrons. The van der Waals surface area contributed by atoms with Crippen molar-refractivity contribution in [3.8, 4) is 11.5 Å². The minimum atomic E-state index is -0.708. The van der Waals surface area contributed by atoms with Crippen molar-refractivity contribution in [1.82, 2.24) is 4.90 Å². The fourth-order valence-corrected chi connectivity index (χ4v) is 4.45. The number of aliphatic hydroxyl groups excluding tert-OH is 1. The fraction of sp³-hybridized carbons (Fsp3) is 0.267. The molecule has 186 valence electrons. The van der Waals surface area contributed by atoms with Gasteiger partial charge in [0.15, 0.2) is 11.5 Å². The molecule has 3 aromatic carbocycles. The van der Waals surface area contributed by atoms with Crippen LogP contribution < -0.4 is 9.47 Å². The molecule has 6 nitrogen and oxygen atoms in total. The van der Waals surface area contributed by atoms with Gasteiger partial charge in [0, 0.05) is 13.0 Å². The van der Waals surface area contributed by atoms with Gasteiger partial charge in [0.05, 0.1) is 24.8 Å². The molecule has 0 saturated heterocycles. The van der Waals surface area contributed by atoms with Crippen molar-refractivity contribution < 1.29 is 24.2 Å². The Kier molecular flexibility index (Phi) is 7.74. The molecule has 6 heteroatoms. The second kappa shape index (κ2) is 11.1. The molecule has 1 amide bonds. The lowest BCUT2D eigenvalue weighted by Crippen LogP contribution is -2.30. The molecule has 1 heterocycles. The molecule has 0 fully saturated rings. The number of nitrogens with zero attached hydrogens (tertiary/aromatic N) is 1. The molecule has 0 aromatic heterocycles. The Morgan fingerprint density at radius 3 is 2.31 bits per heavy atom. The lowest BCUT2D eigenvalue weighted by Gasteiger charge is -2.27. The molecular weight excluding hydrogens is 454 g/mol. The van der Waals surface area contributed by atoms with Gasteiger partial charge in [-0.1, -0.05) is 54.6 Å². The van der Waals surface area contributed by atoms with Crippen LogP contribution in [-0.2, 0) is 22.6 Å². The van der Waals surface area contributed by atoms with Gasteiger partial charge < -0.3 is 19.5 Å². The highest BCUT2D eigenvalue weighted by molar-refractivity contribution is 6.09. The van der Waals surface area contributed by atoms with Crippen molar-refractivity contribution in [1.29, 1.82) is 0 Å². The van der Waals surface area contributed by atoms with E-state index in [1.807, 2.05) is 92.7 Å². The van der Waals surface area contributed by atoms with E-state index in [2.05, 4.69) is 0 Å². The molecule has 1 aliphatic heterocycles. The molecule has 1 unspecified atom stereocenters. The largest absolute Gasteiger partial charge is 0.503 e. The Morgan fingerprint density at radius 1 is 0.944 bits per heavy atom. The van der Waals surface area contributed by atoms with Crippen LogP contribution in [0, 0.1) is 0 Å². The zero-order chi connectivity index (χ0) is 25.7. The maximum atomic E-state index is 13.4. The van der Waals surface area contributed by atoms with Gasteiger partial charge in [0.2, 0.25) is 0 Å². The van der Waals surface area contributed by atoms with Crippen LogP contribution in [0.25, 0.3) is 0 Å². The summed E-state index contributed by atoms with van der Waals surface area (Å²) in [6, 6.07) is 23.7. The summed E-state index contributed by atoms with van der Waals surface area (Å²) in [6.07, 6.45) is 0.732. The van der Waals surface area contributed by atoms with Crippen molar-refractivity contribution >= 4 is 11.7 Å². The summed E-state index contributed by atoms with van der Waals surface area (Å²) in [4.78, 5) is 28.2. The molecule has 0 aliphatic carbocycles. The van der Waals surface area contributed by atoms with E-state index >= 15 is 0 Å².